The van der Waals surface area contributed by atoms with Gasteiger partial charge in [0.15, 0.2) is 0 Å². The molecule has 6 heteroatoms. The lowest BCUT2D eigenvalue weighted by Crippen LogP contribution is -2.39. The molecule has 0 aliphatic carbocycles. The molecule has 1 aliphatic rings. The molecule has 1 aromatic carbocycles. The Labute approximate surface area is 141 Å². The van der Waals surface area contributed by atoms with Gasteiger partial charge in [-0.15, -0.1) is 0 Å². The fourth-order valence-electron chi connectivity index (χ4n) is 2.78. The van der Waals surface area contributed by atoms with E-state index >= 15 is 0 Å². The van der Waals surface area contributed by atoms with Gasteiger partial charge in [0.1, 0.15) is 5.75 Å². The highest BCUT2D eigenvalue weighted by Crippen LogP contribution is 2.15. The molecule has 1 atom stereocenters. The number of hydrogen-bond acceptors (Lipinski definition) is 4. The minimum absolute atomic E-state index is 0.0266. The molecular formula is C18H22N4O2. The van der Waals surface area contributed by atoms with E-state index in [2.05, 4.69) is 15.6 Å². The summed E-state index contributed by atoms with van der Waals surface area (Å²) < 4.78 is 5.13. The molecule has 0 spiro atoms. The summed E-state index contributed by atoms with van der Waals surface area (Å²) in [6, 6.07) is 11.8. The number of benzene rings is 1. The van der Waals surface area contributed by atoms with E-state index in [1.165, 1.54) is 0 Å². The Balaban J connectivity index is 1.45. The molecule has 2 N–H and O–H groups in total. The SMILES string of the molecule is COc1ccc(CNC(=O)N2CCC(Nc3cccnc3)C2)cc1. The van der Waals surface area contributed by atoms with Gasteiger partial charge in [-0.05, 0) is 36.2 Å². The third-order valence-corrected chi connectivity index (χ3v) is 4.11. The number of carbonyl (C=O) groups is 1. The minimum atomic E-state index is -0.0266. The van der Waals surface area contributed by atoms with Gasteiger partial charge in [0.2, 0.25) is 0 Å². The van der Waals surface area contributed by atoms with Gasteiger partial charge in [-0.3, -0.25) is 4.98 Å². The second kappa shape index (κ2) is 7.68. The molecule has 1 fully saturated rings. The number of nitrogens with zero attached hydrogens (tertiary/aromatic N) is 2. The zero-order chi connectivity index (χ0) is 16.8. The molecule has 1 aliphatic heterocycles. The summed E-state index contributed by atoms with van der Waals surface area (Å²) in [5.41, 5.74) is 2.04. The number of methoxy groups -OCH3 is 1. The van der Waals surface area contributed by atoms with Gasteiger partial charge in [-0.1, -0.05) is 12.1 Å². The second-order valence-corrected chi connectivity index (χ2v) is 5.82. The van der Waals surface area contributed by atoms with Crippen LogP contribution in [0.5, 0.6) is 5.75 Å². The van der Waals surface area contributed by atoms with Crippen LogP contribution in [0.15, 0.2) is 48.8 Å². The van der Waals surface area contributed by atoms with Gasteiger partial charge in [0.25, 0.3) is 0 Å². The Hall–Kier alpha value is -2.76. The van der Waals surface area contributed by atoms with E-state index in [0.717, 1.165) is 30.0 Å². The van der Waals surface area contributed by atoms with Crippen molar-refractivity contribution in [2.45, 2.75) is 19.0 Å². The first-order valence-corrected chi connectivity index (χ1v) is 8.07. The molecule has 0 saturated carbocycles. The van der Waals surface area contributed by atoms with Crippen molar-refractivity contribution in [3.63, 3.8) is 0 Å². The van der Waals surface area contributed by atoms with Gasteiger partial charge in [-0.25, -0.2) is 4.79 Å². The summed E-state index contributed by atoms with van der Waals surface area (Å²) in [5.74, 6) is 0.814. The predicted molar refractivity (Wildman–Crippen MR) is 93.1 cm³/mol. The molecule has 2 amide bonds. The highest BCUT2D eigenvalue weighted by molar-refractivity contribution is 5.74. The summed E-state index contributed by atoms with van der Waals surface area (Å²) >= 11 is 0. The van der Waals surface area contributed by atoms with Gasteiger partial charge < -0.3 is 20.3 Å². The van der Waals surface area contributed by atoms with Crippen molar-refractivity contribution in [3.8, 4) is 5.75 Å². The second-order valence-electron chi connectivity index (χ2n) is 5.82. The Kier molecular flexibility index (Phi) is 5.15. The van der Waals surface area contributed by atoms with E-state index in [4.69, 9.17) is 4.74 Å². The number of likely N-dealkylation sites (tertiary alicyclic amines) is 1. The van der Waals surface area contributed by atoms with Crippen LogP contribution in [0.4, 0.5) is 10.5 Å². The highest BCUT2D eigenvalue weighted by atomic mass is 16.5. The van der Waals surface area contributed by atoms with Gasteiger partial charge in [0.05, 0.1) is 12.8 Å². The van der Waals surface area contributed by atoms with E-state index in [9.17, 15) is 4.79 Å². The maximum Gasteiger partial charge on any atom is 0.317 e. The van der Waals surface area contributed by atoms with Crippen molar-refractivity contribution >= 4 is 11.7 Å². The average Bonchev–Trinajstić information content (AvgIpc) is 3.09. The first-order chi connectivity index (χ1) is 11.7. The normalized spacial score (nSPS) is 16.7. The van der Waals surface area contributed by atoms with Crippen molar-refractivity contribution < 1.29 is 9.53 Å². The van der Waals surface area contributed by atoms with E-state index in [-0.39, 0.29) is 12.1 Å². The van der Waals surface area contributed by atoms with Crippen LogP contribution >= 0.6 is 0 Å². The summed E-state index contributed by atoms with van der Waals surface area (Å²) in [6.07, 6.45) is 4.48. The van der Waals surface area contributed by atoms with Crippen LogP contribution in [0, 0.1) is 0 Å². The smallest absolute Gasteiger partial charge is 0.317 e. The maximum absolute atomic E-state index is 12.3. The molecule has 3 rings (SSSR count). The lowest BCUT2D eigenvalue weighted by atomic mass is 10.2. The monoisotopic (exact) mass is 326 g/mol. The number of hydrogen-bond donors (Lipinski definition) is 2. The quantitative estimate of drug-likeness (QED) is 0.886. The van der Waals surface area contributed by atoms with Crippen molar-refractivity contribution in [1.82, 2.24) is 15.2 Å². The zero-order valence-electron chi connectivity index (χ0n) is 13.7. The fourth-order valence-corrected chi connectivity index (χ4v) is 2.78. The Bertz CT molecular complexity index is 660. The van der Waals surface area contributed by atoms with Crippen LogP contribution in [0.1, 0.15) is 12.0 Å². The standard InChI is InChI=1S/C18H22N4O2/c1-24-17-6-4-14(5-7-17)11-20-18(23)22-10-8-16(13-22)21-15-3-2-9-19-12-15/h2-7,9,12,16,21H,8,10-11,13H2,1H3,(H,20,23). The van der Waals surface area contributed by atoms with E-state index in [0.29, 0.717) is 13.1 Å². The van der Waals surface area contributed by atoms with Crippen LogP contribution < -0.4 is 15.4 Å². The Morgan fingerprint density at radius 2 is 2.17 bits per heavy atom. The van der Waals surface area contributed by atoms with Gasteiger partial charge >= 0.3 is 6.03 Å². The number of carbonyl (C=O) groups excluding carboxylic acids is 1. The molecule has 2 heterocycles. The van der Waals surface area contributed by atoms with Crippen LogP contribution in [-0.4, -0.2) is 42.2 Å². The number of pyridine rings is 1. The third kappa shape index (κ3) is 4.16. The topological polar surface area (TPSA) is 66.5 Å². The summed E-state index contributed by atoms with van der Waals surface area (Å²) in [4.78, 5) is 18.2. The summed E-state index contributed by atoms with van der Waals surface area (Å²) in [5, 5.41) is 6.38. The number of ether oxygens (including phenoxy) is 1. The van der Waals surface area contributed by atoms with E-state index in [1.807, 2.05) is 41.3 Å². The van der Waals surface area contributed by atoms with Crippen LogP contribution in [-0.2, 0) is 6.54 Å². The molecule has 0 radical (unpaired) electrons. The minimum Gasteiger partial charge on any atom is -0.497 e. The number of anilines is 1. The average molecular weight is 326 g/mol. The van der Waals surface area contributed by atoms with Crippen molar-refractivity contribution in [1.29, 1.82) is 0 Å². The molecular weight excluding hydrogens is 304 g/mol. The molecule has 1 saturated heterocycles. The largest absolute Gasteiger partial charge is 0.497 e. The van der Waals surface area contributed by atoms with Crippen LogP contribution in [0.2, 0.25) is 0 Å². The molecule has 6 nitrogen and oxygen atoms in total. The fraction of sp³-hybridized carbons (Fsp3) is 0.333. The molecule has 126 valence electrons. The Morgan fingerprint density at radius 1 is 1.33 bits per heavy atom. The number of urea groups is 1. The zero-order valence-corrected chi connectivity index (χ0v) is 13.7. The van der Waals surface area contributed by atoms with Gasteiger partial charge in [-0.2, -0.15) is 0 Å². The molecule has 24 heavy (non-hydrogen) atoms. The third-order valence-electron chi connectivity index (χ3n) is 4.11. The highest BCUT2D eigenvalue weighted by Gasteiger charge is 2.25. The van der Waals surface area contributed by atoms with E-state index < -0.39 is 0 Å². The molecule has 0 bridgehead atoms. The van der Waals surface area contributed by atoms with E-state index in [1.54, 1.807) is 19.5 Å². The van der Waals surface area contributed by atoms with Crippen molar-refractivity contribution in [2.75, 3.05) is 25.5 Å². The first-order valence-electron chi connectivity index (χ1n) is 8.07. The number of nitrogens with one attached hydrogen (secondary N) is 2. The van der Waals surface area contributed by atoms with Crippen LogP contribution in [0.3, 0.4) is 0 Å². The number of rotatable bonds is 5. The number of aromatic nitrogens is 1. The van der Waals surface area contributed by atoms with Crippen LogP contribution in [0.25, 0.3) is 0 Å². The van der Waals surface area contributed by atoms with Crippen molar-refractivity contribution in [2.24, 2.45) is 0 Å². The summed E-state index contributed by atoms with van der Waals surface area (Å²) in [7, 11) is 1.64. The molecule has 1 unspecified atom stereocenters. The number of amides is 2. The van der Waals surface area contributed by atoms with Gasteiger partial charge in [0, 0.05) is 38.1 Å². The van der Waals surface area contributed by atoms with Crippen molar-refractivity contribution in [3.05, 3.63) is 54.4 Å². The maximum atomic E-state index is 12.3. The first kappa shape index (κ1) is 16.1. The lowest BCUT2D eigenvalue weighted by molar-refractivity contribution is 0.208. The Morgan fingerprint density at radius 3 is 2.88 bits per heavy atom. The molecule has 1 aromatic heterocycles. The lowest BCUT2D eigenvalue weighted by Gasteiger charge is -2.18. The summed E-state index contributed by atoms with van der Waals surface area (Å²) in [6.45, 7) is 1.97. The predicted octanol–water partition coefficient (Wildman–Crippen LogP) is 2.49. The molecule has 2 aromatic rings.